The number of halogens is 1. The number of amides is 2. The number of carbonyl (C=O) groups excluding carboxylic acids is 1. The SMILES string of the molecule is Cc1c(NC(=O)NCC(C)(O)c2ccccc2Cl)cnn1-c1ccccc1. The van der Waals surface area contributed by atoms with Crippen molar-refractivity contribution in [1.82, 2.24) is 15.1 Å². The molecule has 1 unspecified atom stereocenters. The molecule has 1 aromatic heterocycles. The lowest BCUT2D eigenvalue weighted by Gasteiger charge is -2.25. The number of hydrogen-bond donors (Lipinski definition) is 3. The molecule has 0 spiro atoms. The van der Waals surface area contributed by atoms with Crippen molar-refractivity contribution >= 4 is 23.3 Å². The van der Waals surface area contributed by atoms with Gasteiger partial charge in [-0.25, -0.2) is 9.48 Å². The Bertz CT molecular complexity index is 938. The summed E-state index contributed by atoms with van der Waals surface area (Å²) < 4.78 is 1.75. The Morgan fingerprint density at radius 1 is 1.19 bits per heavy atom. The predicted molar refractivity (Wildman–Crippen MR) is 106 cm³/mol. The Hall–Kier alpha value is -2.83. The van der Waals surface area contributed by atoms with Gasteiger partial charge in [0.15, 0.2) is 0 Å². The average Bonchev–Trinajstić information content (AvgIpc) is 3.01. The molecule has 1 heterocycles. The van der Waals surface area contributed by atoms with Gasteiger partial charge in [-0.15, -0.1) is 0 Å². The van der Waals surface area contributed by atoms with E-state index in [1.54, 1.807) is 42.1 Å². The van der Waals surface area contributed by atoms with Crippen LogP contribution < -0.4 is 10.6 Å². The highest BCUT2D eigenvalue weighted by atomic mass is 35.5. The van der Waals surface area contributed by atoms with Gasteiger partial charge >= 0.3 is 6.03 Å². The first kappa shape index (κ1) is 18.9. The van der Waals surface area contributed by atoms with Crippen LogP contribution in [0.2, 0.25) is 5.02 Å². The van der Waals surface area contributed by atoms with E-state index in [1.807, 2.05) is 37.3 Å². The molecule has 3 rings (SSSR count). The summed E-state index contributed by atoms with van der Waals surface area (Å²) >= 11 is 6.14. The minimum Gasteiger partial charge on any atom is -0.384 e. The highest BCUT2D eigenvalue weighted by Gasteiger charge is 2.26. The molecule has 2 amide bonds. The molecule has 0 saturated carbocycles. The summed E-state index contributed by atoms with van der Waals surface area (Å²) in [4.78, 5) is 12.3. The first-order valence-electron chi connectivity index (χ1n) is 8.51. The van der Waals surface area contributed by atoms with Crippen LogP contribution in [-0.4, -0.2) is 27.5 Å². The molecule has 0 fully saturated rings. The fourth-order valence-corrected chi connectivity index (χ4v) is 3.11. The number of urea groups is 1. The maximum atomic E-state index is 12.3. The van der Waals surface area contributed by atoms with Gasteiger partial charge in [-0.2, -0.15) is 5.10 Å². The van der Waals surface area contributed by atoms with E-state index < -0.39 is 11.6 Å². The van der Waals surface area contributed by atoms with E-state index in [9.17, 15) is 9.90 Å². The Labute approximate surface area is 162 Å². The quantitative estimate of drug-likeness (QED) is 0.624. The number of para-hydroxylation sites is 1. The summed E-state index contributed by atoms with van der Waals surface area (Å²) in [5, 5.41) is 20.8. The van der Waals surface area contributed by atoms with Gasteiger partial charge in [0.05, 0.1) is 29.8 Å². The molecule has 1 atom stereocenters. The maximum absolute atomic E-state index is 12.3. The molecule has 7 heteroatoms. The zero-order valence-corrected chi connectivity index (χ0v) is 15.9. The second kappa shape index (κ2) is 7.82. The third-order valence-corrected chi connectivity index (χ3v) is 4.64. The van der Waals surface area contributed by atoms with Crippen LogP contribution in [0.5, 0.6) is 0 Å². The van der Waals surface area contributed by atoms with Crippen LogP contribution in [0.1, 0.15) is 18.2 Å². The van der Waals surface area contributed by atoms with Crippen LogP contribution in [-0.2, 0) is 5.60 Å². The molecule has 27 heavy (non-hydrogen) atoms. The number of nitrogens with one attached hydrogen (secondary N) is 2. The third kappa shape index (κ3) is 4.30. The lowest BCUT2D eigenvalue weighted by molar-refractivity contribution is 0.0600. The van der Waals surface area contributed by atoms with E-state index in [2.05, 4.69) is 15.7 Å². The molecular weight excluding hydrogens is 364 g/mol. The Morgan fingerprint density at radius 2 is 1.85 bits per heavy atom. The van der Waals surface area contributed by atoms with Crippen LogP contribution >= 0.6 is 11.6 Å². The van der Waals surface area contributed by atoms with Gasteiger partial charge in [0.1, 0.15) is 5.60 Å². The number of rotatable bonds is 5. The number of aliphatic hydroxyl groups is 1. The van der Waals surface area contributed by atoms with E-state index >= 15 is 0 Å². The normalized spacial score (nSPS) is 13.0. The Morgan fingerprint density at radius 3 is 2.56 bits per heavy atom. The van der Waals surface area contributed by atoms with E-state index in [0.29, 0.717) is 16.3 Å². The third-order valence-electron chi connectivity index (χ3n) is 4.31. The van der Waals surface area contributed by atoms with Crippen molar-refractivity contribution in [3.63, 3.8) is 0 Å². The fourth-order valence-electron chi connectivity index (χ4n) is 2.77. The van der Waals surface area contributed by atoms with E-state index in [1.165, 1.54) is 0 Å². The number of carbonyl (C=O) groups is 1. The van der Waals surface area contributed by atoms with Crippen LogP contribution in [0, 0.1) is 6.92 Å². The predicted octanol–water partition coefficient (Wildman–Crippen LogP) is 3.86. The highest BCUT2D eigenvalue weighted by molar-refractivity contribution is 6.31. The number of benzene rings is 2. The number of aromatic nitrogens is 2. The van der Waals surface area contributed by atoms with Crippen molar-refractivity contribution in [2.24, 2.45) is 0 Å². The zero-order chi connectivity index (χ0) is 19.4. The lowest BCUT2D eigenvalue weighted by atomic mass is 9.96. The van der Waals surface area contributed by atoms with E-state index in [-0.39, 0.29) is 6.54 Å². The van der Waals surface area contributed by atoms with Crippen molar-refractivity contribution in [2.75, 3.05) is 11.9 Å². The second-order valence-corrected chi connectivity index (χ2v) is 6.86. The van der Waals surface area contributed by atoms with Gasteiger partial charge in [-0.1, -0.05) is 48.0 Å². The minimum absolute atomic E-state index is 0.00837. The summed E-state index contributed by atoms with van der Waals surface area (Å²) in [7, 11) is 0. The lowest BCUT2D eigenvalue weighted by Crippen LogP contribution is -2.40. The molecule has 6 nitrogen and oxygen atoms in total. The molecule has 0 bridgehead atoms. The smallest absolute Gasteiger partial charge is 0.319 e. The molecule has 0 aliphatic heterocycles. The highest BCUT2D eigenvalue weighted by Crippen LogP contribution is 2.27. The number of anilines is 1. The summed E-state index contributed by atoms with van der Waals surface area (Å²) in [6, 6.07) is 16.2. The van der Waals surface area contributed by atoms with Gasteiger partial charge in [0.2, 0.25) is 0 Å². The largest absolute Gasteiger partial charge is 0.384 e. The van der Waals surface area contributed by atoms with Crippen LogP contribution in [0.4, 0.5) is 10.5 Å². The summed E-state index contributed by atoms with van der Waals surface area (Å²) in [5.41, 5.74) is 1.56. The van der Waals surface area contributed by atoms with E-state index in [0.717, 1.165) is 11.4 Å². The summed E-state index contributed by atoms with van der Waals surface area (Å²) in [6.45, 7) is 3.48. The molecule has 2 aromatic carbocycles. The minimum atomic E-state index is -1.29. The molecular formula is C20H21ClN4O2. The van der Waals surface area contributed by atoms with Gasteiger partial charge in [0, 0.05) is 10.6 Å². The van der Waals surface area contributed by atoms with Gasteiger partial charge < -0.3 is 15.7 Å². The molecule has 0 radical (unpaired) electrons. The number of nitrogens with zero attached hydrogens (tertiary/aromatic N) is 2. The molecule has 0 aliphatic carbocycles. The summed E-state index contributed by atoms with van der Waals surface area (Å²) in [6.07, 6.45) is 1.59. The van der Waals surface area contributed by atoms with Crippen LogP contribution in [0.15, 0.2) is 60.8 Å². The molecule has 3 aromatic rings. The van der Waals surface area contributed by atoms with Crippen molar-refractivity contribution in [2.45, 2.75) is 19.4 Å². The molecule has 0 saturated heterocycles. The van der Waals surface area contributed by atoms with Gasteiger partial charge in [0.25, 0.3) is 0 Å². The van der Waals surface area contributed by atoms with Crippen molar-refractivity contribution in [3.8, 4) is 5.69 Å². The van der Waals surface area contributed by atoms with Crippen molar-refractivity contribution < 1.29 is 9.90 Å². The van der Waals surface area contributed by atoms with Gasteiger partial charge in [-0.3, -0.25) is 0 Å². The summed E-state index contributed by atoms with van der Waals surface area (Å²) in [5.74, 6) is 0. The Balaban J connectivity index is 1.65. The van der Waals surface area contributed by atoms with Crippen LogP contribution in [0.3, 0.4) is 0 Å². The molecule has 0 aliphatic rings. The standard InChI is InChI=1S/C20H21ClN4O2/c1-14-18(12-23-25(14)15-8-4-3-5-9-15)24-19(26)22-13-20(2,27)16-10-6-7-11-17(16)21/h3-12,27H,13H2,1-2H3,(H2,22,24,26). The average molecular weight is 385 g/mol. The molecule has 3 N–H and O–H groups in total. The zero-order valence-electron chi connectivity index (χ0n) is 15.1. The number of hydrogen-bond acceptors (Lipinski definition) is 3. The monoisotopic (exact) mass is 384 g/mol. The first-order valence-corrected chi connectivity index (χ1v) is 8.88. The maximum Gasteiger partial charge on any atom is 0.319 e. The topological polar surface area (TPSA) is 79.2 Å². The van der Waals surface area contributed by atoms with E-state index in [4.69, 9.17) is 11.6 Å². The molecule has 140 valence electrons. The van der Waals surface area contributed by atoms with Crippen molar-refractivity contribution in [3.05, 3.63) is 77.1 Å². The second-order valence-electron chi connectivity index (χ2n) is 6.45. The van der Waals surface area contributed by atoms with Gasteiger partial charge in [-0.05, 0) is 32.0 Å². The fraction of sp³-hybridized carbons (Fsp3) is 0.200. The Kier molecular flexibility index (Phi) is 5.48. The first-order chi connectivity index (χ1) is 12.9. The van der Waals surface area contributed by atoms with Crippen LogP contribution in [0.25, 0.3) is 5.69 Å². The van der Waals surface area contributed by atoms with Crippen molar-refractivity contribution in [1.29, 1.82) is 0 Å².